The first kappa shape index (κ1) is 14.6. The van der Waals surface area contributed by atoms with Gasteiger partial charge in [0.15, 0.2) is 0 Å². The predicted octanol–water partition coefficient (Wildman–Crippen LogP) is 3.12. The summed E-state index contributed by atoms with van der Waals surface area (Å²) in [7, 11) is -2.94. The molecule has 6 heteroatoms. The highest BCUT2D eigenvalue weighted by Gasteiger charge is 2.44. The van der Waals surface area contributed by atoms with Crippen molar-refractivity contribution in [2.75, 3.05) is 23.9 Å². The third kappa shape index (κ3) is 3.47. The van der Waals surface area contributed by atoms with E-state index in [1.165, 1.54) is 6.26 Å². The highest BCUT2D eigenvalue weighted by atomic mass is 35.5. The Balaban J connectivity index is 1.80. The van der Waals surface area contributed by atoms with Gasteiger partial charge in [0.25, 0.3) is 0 Å². The number of nitrogens with one attached hydrogen (secondary N) is 1. The van der Waals surface area contributed by atoms with Crippen LogP contribution in [0.25, 0.3) is 10.9 Å². The first-order chi connectivity index (χ1) is 9.87. The van der Waals surface area contributed by atoms with E-state index in [-0.39, 0.29) is 11.2 Å². The highest BCUT2D eigenvalue weighted by Crippen LogP contribution is 2.46. The second-order valence-electron chi connectivity index (χ2n) is 5.94. The van der Waals surface area contributed by atoms with E-state index < -0.39 is 9.84 Å². The van der Waals surface area contributed by atoms with Crippen molar-refractivity contribution in [3.63, 3.8) is 0 Å². The van der Waals surface area contributed by atoms with E-state index in [2.05, 4.69) is 10.3 Å². The van der Waals surface area contributed by atoms with Crippen LogP contribution in [0, 0.1) is 5.41 Å². The summed E-state index contributed by atoms with van der Waals surface area (Å²) < 4.78 is 23.0. The van der Waals surface area contributed by atoms with Crippen molar-refractivity contribution >= 4 is 38.0 Å². The molecule has 0 unspecified atom stereocenters. The van der Waals surface area contributed by atoms with Gasteiger partial charge in [-0.25, -0.2) is 8.42 Å². The van der Waals surface area contributed by atoms with Crippen molar-refractivity contribution in [1.82, 2.24) is 4.98 Å². The highest BCUT2D eigenvalue weighted by molar-refractivity contribution is 7.90. The lowest BCUT2D eigenvalue weighted by Gasteiger charge is -2.17. The molecule has 1 N–H and O–H groups in total. The largest absolute Gasteiger partial charge is 0.384 e. The van der Waals surface area contributed by atoms with Crippen molar-refractivity contribution < 1.29 is 8.42 Å². The zero-order chi connectivity index (χ0) is 15.1. The molecule has 0 saturated heterocycles. The summed E-state index contributed by atoms with van der Waals surface area (Å²) in [5, 5.41) is 5.04. The topological polar surface area (TPSA) is 59.1 Å². The van der Waals surface area contributed by atoms with Gasteiger partial charge in [0.1, 0.15) is 9.84 Å². The summed E-state index contributed by atoms with van der Waals surface area (Å²) in [5.41, 5.74) is 1.70. The lowest BCUT2D eigenvalue weighted by Crippen LogP contribution is -2.24. The van der Waals surface area contributed by atoms with Crippen LogP contribution in [0.15, 0.2) is 30.5 Å². The van der Waals surface area contributed by atoms with Gasteiger partial charge >= 0.3 is 0 Å². The maximum Gasteiger partial charge on any atom is 0.148 e. The van der Waals surface area contributed by atoms with Gasteiger partial charge in [0.2, 0.25) is 0 Å². The van der Waals surface area contributed by atoms with Crippen molar-refractivity contribution in [3.05, 3.63) is 35.5 Å². The predicted molar refractivity (Wildman–Crippen MR) is 86.6 cm³/mol. The molecule has 1 fully saturated rings. The van der Waals surface area contributed by atoms with E-state index in [4.69, 9.17) is 11.6 Å². The summed E-state index contributed by atoms with van der Waals surface area (Å²) in [6.07, 6.45) is 4.96. The molecule has 0 aliphatic heterocycles. The van der Waals surface area contributed by atoms with Crippen LogP contribution in [0.3, 0.4) is 0 Å². The number of sulfone groups is 1. The maximum absolute atomic E-state index is 11.5. The van der Waals surface area contributed by atoms with E-state index in [1.54, 1.807) is 6.20 Å². The molecule has 1 aromatic heterocycles. The van der Waals surface area contributed by atoms with E-state index in [0.717, 1.165) is 29.4 Å². The van der Waals surface area contributed by atoms with Gasteiger partial charge in [-0.15, -0.1) is 0 Å². The molecule has 0 amide bonds. The van der Waals surface area contributed by atoms with Crippen molar-refractivity contribution in [2.45, 2.75) is 12.8 Å². The van der Waals surface area contributed by atoms with Gasteiger partial charge in [0, 0.05) is 40.5 Å². The molecule has 0 spiro atoms. The summed E-state index contributed by atoms with van der Waals surface area (Å²) in [4.78, 5) is 4.30. The fraction of sp³-hybridized carbons (Fsp3) is 0.400. The Hall–Kier alpha value is -1.33. The molecular formula is C15H17ClN2O2S. The first-order valence-corrected chi connectivity index (χ1v) is 9.27. The van der Waals surface area contributed by atoms with Crippen LogP contribution < -0.4 is 5.32 Å². The van der Waals surface area contributed by atoms with Crippen LogP contribution in [0.4, 0.5) is 5.69 Å². The van der Waals surface area contributed by atoms with Crippen LogP contribution in [0.2, 0.25) is 5.02 Å². The Morgan fingerprint density at radius 3 is 2.76 bits per heavy atom. The number of nitrogens with zero attached hydrogens (tertiary/aromatic N) is 1. The van der Waals surface area contributed by atoms with Gasteiger partial charge in [-0.3, -0.25) is 4.98 Å². The third-order valence-corrected chi connectivity index (χ3v) is 5.26. The van der Waals surface area contributed by atoms with E-state index >= 15 is 0 Å². The van der Waals surface area contributed by atoms with Gasteiger partial charge in [-0.05, 0) is 37.1 Å². The molecule has 1 saturated carbocycles. The molecule has 1 aromatic carbocycles. The Bertz CT molecular complexity index is 785. The van der Waals surface area contributed by atoms with Crippen molar-refractivity contribution in [3.8, 4) is 0 Å². The molecule has 2 aromatic rings. The van der Waals surface area contributed by atoms with Crippen LogP contribution in [0.5, 0.6) is 0 Å². The fourth-order valence-corrected chi connectivity index (χ4v) is 4.33. The summed E-state index contributed by atoms with van der Waals surface area (Å²) in [6, 6.07) is 7.50. The quantitative estimate of drug-likeness (QED) is 0.918. The number of hydrogen-bond donors (Lipinski definition) is 1. The first-order valence-electron chi connectivity index (χ1n) is 6.83. The number of halogens is 1. The zero-order valence-electron chi connectivity index (χ0n) is 11.8. The molecule has 112 valence electrons. The normalized spacial score (nSPS) is 16.9. The van der Waals surface area contributed by atoms with E-state index in [9.17, 15) is 8.42 Å². The standard InChI is InChI=1S/C15H17ClN2O2S/c1-21(19,20)10-15(5-6-15)9-18-13-4-7-17-14-8-11(16)2-3-12(13)14/h2-4,7-8H,5-6,9-10H2,1H3,(H,17,18). The molecule has 1 heterocycles. The number of anilines is 1. The monoisotopic (exact) mass is 324 g/mol. The summed E-state index contributed by atoms with van der Waals surface area (Å²) >= 11 is 5.98. The maximum atomic E-state index is 11.5. The third-order valence-electron chi connectivity index (χ3n) is 3.88. The number of aromatic nitrogens is 1. The average molecular weight is 325 g/mol. The SMILES string of the molecule is CS(=O)(=O)CC1(CNc2ccnc3cc(Cl)ccc23)CC1. The van der Waals surface area contributed by atoms with Crippen LogP contribution in [0.1, 0.15) is 12.8 Å². The minimum absolute atomic E-state index is 0.102. The van der Waals surface area contributed by atoms with Gasteiger partial charge < -0.3 is 5.32 Å². The molecule has 0 atom stereocenters. The lowest BCUT2D eigenvalue weighted by molar-refractivity contribution is 0.561. The number of pyridine rings is 1. The summed E-state index contributed by atoms with van der Waals surface area (Å²) in [6.45, 7) is 0.668. The minimum atomic E-state index is -2.94. The molecule has 0 bridgehead atoms. The Morgan fingerprint density at radius 2 is 2.10 bits per heavy atom. The number of benzene rings is 1. The van der Waals surface area contributed by atoms with Crippen molar-refractivity contribution in [2.24, 2.45) is 5.41 Å². The van der Waals surface area contributed by atoms with Crippen LogP contribution in [-0.4, -0.2) is 32.0 Å². The summed E-state index contributed by atoms with van der Waals surface area (Å²) in [5.74, 6) is 0.252. The smallest absolute Gasteiger partial charge is 0.148 e. The van der Waals surface area contributed by atoms with Gasteiger partial charge in [0.05, 0.1) is 11.3 Å². The van der Waals surface area contributed by atoms with Gasteiger partial charge in [-0.2, -0.15) is 0 Å². The Kier molecular flexibility index (Phi) is 3.58. The number of fused-ring (bicyclic) bond motifs is 1. The molecule has 4 nitrogen and oxygen atoms in total. The molecule has 1 aliphatic rings. The lowest BCUT2D eigenvalue weighted by atomic mass is 10.1. The molecule has 1 aliphatic carbocycles. The molecule has 0 radical (unpaired) electrons. The average Bonchev–Trinajstić information content (AvgIpc) is 3.13. The second kappa shape index (κ2) is 5.14. The van der Waals surface area contributed by atoms with Crippen LogP contribution >= 0.6 is 11.6 Å². The fourth-order valence-electron chi connectivity index (χ4n) is 2.66. The molecule has 21 heavy (non-hydrogen) atoms. The number of rotatable bonds is 5. The minimum Gasteiger partial charge on any atom is -0.384 e. The van der Waals surface area contributed by atoms with Gasteiger partial charge in [-0.1, -0.05) is 11.6 Å². The number of hydrogen-bond acceptors (Lipinski definition) is 4. The Morgan fingerprint density at radius 1 is 1.33 bits per heavy atom. The van der Waals surface area contributed by atoms with Crippen LogP contribution in [-0.2, 0) is 9.84 Å². The van der Waals surface area contributed by atoms with E-state index in [1.807, 2.05) is 24.3 Å². The Labute approximate surface area is 129 Å². The molecule has 3 rings (SSSR count). The zero-order valence-corrected chi connectivity index (χ0v) is 13.3. The second-order valence-corrected chi connectivity index (χ2v) is 8.52. The van der Waals surface area contributed by atoms with E-state index in [0.29, 0.717) is 11.6 Å². The molecular weight excluding hydrogens is 308 g/mol. The van der Waals surface area contributed by atoms with Crippen molar-refractivity contribution in [1.29, 1.82) is 0 Å².